The first kappa shape index (κ1) is 19.0. The maximum atomic E-state index is 12.5. The van der Waals surface area contributed by atoms with Gasteiger partial charge in [-0.1, -0.05) is 6.92 Å². The lowest BCUT2D eigenvalue weighted by Gasteiger charge is -2.34. The summed E-state index contributed by atoms with van der Waals surface area (Å²) in [7, 11) is -2.07. The molecule has 1 aromatic rings. The summed E-state index contributed by atoms with van der Waals surface area (Å²) in [5, 5.41) is 11.8. The van der Waals surface area contributed by atoms with E-state index in [4.69, 9.17) is 4.74 Å². The molecule has 2 N–H and O–H groups in total. The van der Waals surface area contributed by atoms with E-state index in [1.165, 1.54) is 30.2 Å². The second-order valence-corrected chi connectivity index (χ2v) is 8.40. The average Bonchev–Trinajstić information content (AvgIpc) is 2.52. The van der Waals surface area contributed by atoms with Crippen LogP contribution >= 0.6 is 0 Å². The fourth-order valence-electron chi connectivity index (χ4n) is 2.87. The molecule has 1 aromatic carbocycles. The number of carbonyl (C=O) groups is 2. The van der Waals surface area contributed by atoms with E-state index in [9.17, 15) is 23.1 Å². The number of nitrogens with one attached hydrogen (secondary N) is 1. The molecule has 1 aliphatic rings. The zero-order valence-electron chi connectivity index (χ0n) is 14.4. The average molecular weight is 370 g/mol. The number of likely N-dealkylation sites (tertiary alicyclic amines) is 1. The molecule has 1 heterocycles. The van der Waals surface area contributed by atoms with Crippen molar-refractivity contribution < 1.29 is 27.9 Å². The molecule has 0 saturated carbocycles. The van der Waals surface area contributed by atoms with Gasteiger partial charge in [0.2, 0.25) is 0 Å². The number of sulfone groups is 1. The van der Waals surface area contributed by atoms with Crippen molar-refractivity contribution in [3.8, 4) is 5.75 Å². The lowest BCUT2D eigenvalue weighted by Crippen LogP contribution is -2.47. The van der Waals surface area contributed by atoms with Crippen molar-refractivity contribution in [2.75, 3.05) is 31.8 Å². The van der Waals surface area contributed by atoms with E-state index in [1.807, 2.05) is 6.92 Å². The summed E-state index contributed by atoms with van der Waals surface area (Å²) in [6, 6.07) is 3.76. The van der Waals surface area contributed by atoms with Gasteiger partial charge in [0, 0.05) is 31.1 Å². The summed E-state index contributed by atoms with van der Waals surface area (Å²) in [6.07, 6.45) is 1.59. The Labute approximate surface area is 146 Å². The number of hydrogen-bond donors (Lipinski definition) is 2. The molecular formula is C16H22N2O6S. The van der Waals surface area contributed by atoms with Gasteiger partial charge in [0.25, 0.3) is 0 Å². The zero-order valence-corrected chi connectivity index (χ0v) is 15.2. The highest BCUT2D eigenvalue weighted by Crippen LogP contribution is 2.26. The molecule has 1 fully saturated rings. The first-order chi connectivity index (χ1) is 11.6. The Morgan fingerprint density at radius 1 is 1.28 bits per heavy atom. The lowest BCUT2D eigenvalue weighted by atomic mass is 9.91. The molecule has 0 aliphatic carbocycles. The second-order valence-electron chi connectivity index (χ2n) is 6.38. The molecule has 2 atom stereocenters. The van der Waals surface area contributed by atoms with Crippen LogP contribution in [0.2, 0.25) is 0 Å². The topological polar surface area (TPSA) is 113 Å². The molecule has 1 saturated heterocycles. The largest absolute Gasteiger partial charge is 0.497 e. The first-order valence-electron chi connectivity index (χ1n) is 7.78. The third-order valence-corrected chi connectivity index (χ3v) is 5.18. The van der Waals surface area contributed by atoms with Crippen molar-refractivity contribution in [2.24, 2.45) is 11.8 Å². The normalized spacial score (nSPS) is 20.8. The van der Waals surface area contributed by atoms with Gasteiger partial charge in [0.15, 0.2) is 9.84 Å². The molecule has 0 spiro atoms. The summed E-state index contributed by atoms with van der Waals surface area (Å²) in [5.41, 5.74) is 0.273. The Bertz CT molecular complexity index is 777. The fourth-order valence-corrected chi connectivity index (χ4v) is 3.55. The van der Waals surface area contributed by atoms with Crippen LogP contribution in [0.15, 0.2) is 23.1 Å². The Morgan fingerprint density at radius 3 is 2.52 bits per heavy atom. The van der Waals surface area contributed by atoms with Crippen LogP contribution in [0.25, 0.3) is 0 Å². The van der Waals surface area contributed by atoms with Gasteiger partial charge in [-0.2, -0.15) is 0 Å². The predicted octanol–water partition coefficient (Wildman–Crippen LogP) is 1.67. The molecule has 2 amide bonds. The standard InChI is InChI=1S/C16H22N2O6S/c1-10-4-11(15(19)20)9-18(8-10)16(21)17-12-5-13(24-2)7-14(6-12)25(3,22)23/h5-7,10-11H,4,8-9H2,1-3H3,(H,17,21)(H,19,20). The van der Waals surface area contributed by atoms with Gasteiger partial charge in [0.05, 0.1) is 17.9 Å². The van der Waals surface area contributed by atoms with E-state index in [1.54, 1.807) is 0 Å². The molecule has 1 aliphatic heterocycles. The summed E-state index contributed by atoms with van der Waals surface area (Å²) >= 11 is 0. The minimum atomic E-state index is -3.47. The molecule has 0 bridgehead atoms. The number of carbonyl (C=O) groups excluding carboxylic acids is 1. The SMILES string of the molecule is COc1cc(NC(=O)N2CC(C)CC(C(=O)O)C2)cc(S(C)(=O)=O)c1. The maximum absolute atomic E-state index is 12.5. The van der Waals surface area contributed by atoms with Crippen molar-refractivity contribution >= 4 is 27.5 Å². The Hall–Kier alpha value is -2.29. The third kappa shape index (κ3) is 4.85. The highest BCUT2D eigenvalue weighted by atomic mass is 32.2. The van der Waals surface area contributed by atoms with Crippen molar-refractivity contribution in [3.63, 3.8) is 0 Å². The van der Waals surface area contributed by atoms with E-state index in [0.29, 0.717) is 18.7 Å². The van der Waals surface area contributed by atoms with Crippen molar-refractivity contribution in [2.45, 2.75) is 18.2 Å². The summed E-state index contributed by atoms with van der Waals surface area (Å²) in [4.78, 5) is 25.2. The Morgan fingerprint density at radius 2 is 1.96 bits per heavy atom. The van der Waals surface area contributed by atoms with Crippen molar-refractivity contribution in [1.29, 1.82) is 0 Å². The van der Waals surface area contributed by atoms with Gasteiger partial charge in [-0.05, 0) is 24.5 Å². The van der Waals surface area contributed by atoms with Crippen molar-refractivity contribution in [3.05, 3.63) is 18.2 Å². The quantitative estimate of drug-likeness (QED) is 0.834. The highest BCUT2D eigenvalue weighted by molar-refractivity contribution is 7.90. The number of rotatable bonds is 4. The number of amides is 2. The number of nitrogens with zero attached hydrogens (tertiary/aromatic N) is 1. The molecule has 138 valence electrons. The van der Waals surface area contributed by atoms with Gasteiger partial charge in [0.1, 0.15) is 5.75 Å². The monoisotopic (exact) mass is 370 g/mol. The number of hydrogen-bond acceptors (Lipinski definition) is 5. The minimum Gasteiger partial charge on any atom is -0.497 e. The van der Waals surface area contributed by atoms with Crippen LogP contribution in [0, 0.1) is 11.8 Å². The van der Waals surface area contributed by atoms with E-state index in [2.05, 4.69) is 5.32 Å². The van der Waals surface area contributed by atoms with Gasteiger partial charge in [-0.3, -0.25) is 4.79 Å². The summed E-state index contributed by atoms with van der Waals surface area (Å²) < 4.78 is 28.6. The van der Waals surface area contributed by atoms with Crippen LogP contribution < -0.4 is 10.1 Å². The molecule has 0 radical (unpaired) electrons. The number of carboxylic acids is 1. The van der Waals surface area contributed by atoms with Crippen LogP contribution in [0.3, 0.4) is 0 Å². The number of aliphatic carboxylic acids is 1. The van der Waals surface area contributed by atoms with Gasteiger partial charge in [-0.15, -0.1) is 0 Å². The molecular weight excluding hydrogens is 348 g/mol. The number of urea groups is 1. The van der Waals surface area contributed by atoms with Crippen LogP contribution in [0.1, 0.15) is 13.3 Å². The van der Waals surface area contributed by atoms with E-state index >= 15 is 0 Å². The fraction of sp³-hybridized carbons (Fsp3) is 0.500. The van der Waals surface area contributed by atoms with Crippen LogP contribution in [-0.2, 0) is 14.6 Å². The molecule has 8 nitrogen and oxygen atoms in total. The molecule has 0 aromatic heterocycles. The molecule has 9 heteroatoms. The first-order valence-corrected chi connectivity index (χ1v) is 9.67. The number of ether oxygens (including phenoxy) is 1. The molecule has 2 rings (SSSR count). The lowest BCUT2D eigenvalue weighted by molar-refractivity contribution is -0.143. The second kappa shape index (κ2) is 7.30. The van der Waals surface area contributed by atoms with Gasteiger partial charge < -0.3 is 20.1 Å². The summed E-state index contributed by atoms with van der Waals surface area (Å²) in [5.74, 6) is -1.16. The van der Waals surface area contributed by atoms with Crippen LogP contribution in [-0.4, -0.2) is 56.9 Å². The van der Waals surface area contributed by atoms with Gasteiger partial charge >= 0.3 is 12.0 Å². The number of piperidine rings is 1. The zero-order chi connectivity index (χ0) is 18.8. The third-order valence-electron chi connectivity index (χ3n) is 4.09. The predicted molar refractivity (Wildman–Crippen MR) is 91.6 cm³/mol. The van der Waals surface area contributed by atoms with Crippen LogP contribution in [0.4, 0.5) is 10.5 Å². The van der Waals surface area contributed by atoms with E-state index in [0.717, 1.165) is 6.26 Å². The van der Waals surface area contributed by atoms with Crippen LogP contribution in [0.5, 0.6) is 5.75 Å². The maximum Gasteiger partial charge on any atom is 0.321 e. The number of carboxylic acid groups (broad SMARTS) is 1. The summed E-state index contributed by atoms with van der Waals surface area (Å²) in [6.45, 7) is 2.45. The minimum absolute atomic E-state index is 0.0255. The highest BCUT2D eigenvalue weighted by Gasteiger charge is 2.32. The molecule has 25 heavy (non-hydrogen) atoms. The van der Waals surface area contributed by atoms with E-state index < -0.39 is 27.8 Å². The van der Waals surface area contributed by atoms with Crippen molar-refractivity contribution in [1.82, 2.24) is 4.90 Å². The number of methoxy groups -OCH3 is 1. The number of benzene rings is 1. The van der Waals surface area contributed by atoms with E-state index in [-0.39, 0.29) is 23.0 Å². The molecule has 2 unspecified atom stereocenters. The smallest absolute Gasteiger partial charge is 0.321 e. The Kier molecular flexibility index (Phi) is 5.56. The van der Waals surface area contributed by atoms with Gasteiger partial charge in [-0.25, -0.2) is 13.2 Å². The number of anilines is 1. The Balaban J connectivity index is 2.21.